The van der Waals surface area contributed by atoms with Gasteiger partial charge in [0.25, 0.3) is 5.91 Å². The van der Waals surface area contributed by atoms with Crippen molar-refractivity contribution in [2.45, 2.75) is 6.04 Å². The van der Waals surface area contributed by atoms with Crippen molar-refractivity contribution >= 4 is 11.9 Å². The molecule has 2 heterocycles. The van der Waals surface area contributed by atoms with E-state index in [1.54, 1.807) is 18.3 Å². The molecule has 1 unspecified atom stereocenters. The minimum Gasteiger partial charge on any atom is -0.477 e. The zero-order chi connectivity index (χ0) is 16.1. The second-order valence-electron chi connectivity index (χ2n) is 4.70. The van der Waals surface area contributed by atoms with Gasteiger partial charge < -0.3 is 19.7 Å². The fourth-order valence-electron chi connectivity index (χ4n) is 2.14. The van der Waals surface area contributed by atoms with E-state index in [0.717, 1.165) is 0 Å². The fraction of sp³-hybridized carbons (Fsp3) is 0.267. The molecule has 1 amide bonds. The van der Waals surface area contributed by atoms with Crippen LogP contribution in [-0.4, -0.2) is 40.3 Å². The minimum atomic E-state index is -1.08. The van der Waals surface area contributed by atoms with E-state index in [1.165, 1.54) is 30.9 Å². The van der Waals surface area contributed by atoms with Gasteiger partial charge >= 0.3 is 5.97 Å². The van der Waals surface area contributed by atoms with Crippen LogP contribution >= 0.6 is 0 Å². The van der Waals surface area contributed by atoms with Gasteiger partial charge in [0.15, 0.2) is 0 Å². The minimum absolute atomic E-state index is 0.0475. The number of aromatic carboxylic acids is 1. The Morgan fingerprint density at radius 1 is 1.32 bits per heavy atom. The molecule has 2 aromatic rings. The molecule has 22 heavy (non-hydrogen) atoms. The van der Waals surface area contributed by atoms with E-state index < -0.39 is 12.0 Å². The van der Waals surface area contributed by atoms with Crippen LogP contribution < -0.4 is 5.32 Å². The van der Waals surface area contributed by atoms with Crippen molar-refractivity contribution in [3.63, 3.8) is 0 Å². The summed E-state index contributed by atoms with van der Waals surface area (Å²) in [7, 11) is 3.07. The number of hydrogen-bond donors (Lipinski definition) is 2. The lowest BCUT2D eigenvalue weighted by Crippen LogP contribution is -2.33. The highest BCUT2D eigenvalue weighted by Crippen LogP contribution is 2.13. The molecule has 7 nitrogen and oxygen atoms in total. The Bertz CT molecular complexity index is 667. The van der Waals surface area contributed by atoms with E-state index in [2.05, 4.69) is 10.3 Å². The van der Waals surface area contributed by atoms with Crippen molar-refractivity contribution in [3.05, 3.63) is 53.6 Å². The first-order chi connectivity index (χ1) is 10.5. The molecule has 2 aromatic heterocycles. The van der Waals surface area contributed by atoms with E-state index in [-0.39, 0.29) is 23.9 Å². The molecule has 0 aromatic carbocycles. The van der Waals surface area contributed by atoms with E-state index in [9.17, 15) is 9.59 Å². The second-order valence-corrected chi connectivity index (χ2v) is 4.70. The summed E-state index contributed by atoms with van der Waals surface area (Å²) in [6, 6.07) is 7.84. The first kappa shape index (κ1) is 15.7. The highest BCUT2D eigenvalue weighted by molar-refractivity contribution is 5.96. The lowest BCUT2D eigenvalue weighted by Gasteiger charge is -2.17. The van der Waals surface area contributed by atoms with Gasteiger partial charge in [0.05, 0.1) is 18.3 Å². The molecule has 0 saturated heterocycles. The third-order valence-corrected chi connectivity index (χ3v) is 3.26. The Hall–Kier alpha value is -2.67. The van der Waals surface area contributed by atoms with Crippen LogP contribution in [0.4, 0.5) is 0 Å². The van der Waals surface area contributed by atoms with E-state index in [4.69, 9.17) is 9.84 Å². The van der Waals surface area contributed by atoms with Gasteiger partial charge in [-0.15, -0.1) is 0 Å². The number of nitrogens with zero attached hydrogens (tertiary/aromatic N) is 2. The largest absolute Gasteiger partial charge is 0.477 e. The summed E-state index contributed by atoms with van der Waals surface area (Å²) in [5.41, 5.74) is 0.978. The number of aromatic nitrogens is 2. The summed E-state index contributed by atoms with van der Waals surface area (Å²) in [6.45, 7) is 0.263. The molecule has 0 aliphatic carbocycles. The zero-order valence-electron chi connectivity index (χ0n) is 12.3. The molecule has 2 N–H and O–H groups in total. The van der Waals surface area contributed by atoms with E-state index >= 15 is 0 Å². The number of carboxylic acid groups (broad SMARTS) is 1. The van der Waals surface area contributed by atoms with Crippen molar-refractivity contribution in [2.24, 2.45) is 7.05 Å². The van der Waals surface area contributed by atoms with Crippen molar-refractivity contribution < 1.29 is 19.4 Å². The molecule has 0 bridgehead atoms. The normalized spacial score (nSPS) is 11.9. The summed E-state index contributed by atoms with van der Waals surface area (Å²) in [6.07, 6.45) is 1.63. The summed E-state index contributed by atoms with van der Waals surface area (Å²) < 4.78 is 6.45. The average Bonchev–Trinajstić information content (AvgIpc) is 2.89. The summed E-state index contributed by atoms with van der Waals surface area (Å²) in [5.74, 6) is -1.47. The topological polar surface area (TPSA) is 93.5 Å². The predicted molar refractivity (Wildman–Crippen MR) is 78.7 cm³/mol. The number of carbonyl (C=O) groups excluding carboxylic acids is 1. The summed E-state index contributed by atoms with van der Waals surface area (Å²) in [5, 5.41) is 11.8. The monoisotopic (exact) mass is 303 g/mol. The first-order valence-corrected chi connectivity index (χ1v) is 6.64. The van der Waals surface area contributed by atoms with E-state index in [1.807, 2.05) is 6.07 Å². The lowest BCUT2D eigenvalue weighted by atomic mass is 10.2. The van der Waals surface area contributed by atoms with Crippen LogP contribution in [-0.2, 0) is 11.8 Å². The van der Waals surface area contributed by atoms with Crippen LogP contribution in [0.25, 0.3) is 0 Å². The lowest BCUT2D eigenvalue weighted by molar-refractivity contribution is 0.0686. The quantitative estimate of drug-likeness (QED) is 0.837. The Labute approximate surface area is 127 Å². The molecule has 0 fully saturated rings. The van der Waals surface area contributed by atoms with Crippen LogP contribution in [0.5, 0.6) is 0 Å². The molecular weight excluding hydrogens is 286 g/mol. The van der Waals surface area contributed by atoms with Gasteiger partial charge in [0.2, 0.25) is 0 Å². The maximum Gasteiger partial charge on any atom is 0.352 e. The van der Waals surface area contributed by atoms with Gasteiger partial charge in [0, 0.05) is 20.4 Å². The molecule has 0 spiro atoms. The molecule has 0 saturated carbocycles. The van der Waals surface area contributed by atoms with Crippen molar-refractivity contribution in [1.29, 1.82) is 0 Å². The molecule has 7 heteroatoms. The number of carboxylic acids is 1. The van der Waals surface area contributed by atoms with E-state index in [0.29, 0.717) is 5.69 Å². The zero-order valence-corrected chi connectivity index (χ0v) is 12.3. The van der Waals surface area contributed by atoms with Crippen LogP contribution in [0.1, 0.15) is 32.7 Å². The second kappa shape index (κ2) is 6.86. The third kappa shape index (κ3) is 3.32. The number of hydrogen-bond acceptors (Lipinski definition) is 4. The highest BCUT2D eigenvalue weighted by Gasteiger charge is 2.20. The molecule has 2 rings (SSSR count). The molecule has 116 valence electrons. The standard InChI is InChI=1S/C15H17N3O4/c1-18-12(6-7-13(18)15(20)21)14(19)17-11(9-22-2)10-5-3-4-8-16-10/h3-8,11H,9H2,1-2H3,(H,17,19)(H,20,21). The van der Waals surface area contributed by atoms with Gasteiger partial charge in [-0.3, -0.25) is 9.78 Å². The smallest absolute Gasteiger partial charge is 0.352 e. The van der Waals surface area contributed by atoms with Gasteiger partial charge in [-0.2, -0.15) is 0 Å². The Morgan fingerprint density at radius 2 is 2.05 bits per heavy atom. The van der Waals surface area contributed by atoms with Gasteiger partial charge in [-0.05, 0) is 24.3 Å². The molecule has 1 atom stereocenters. The number of carbonyl (C=O) groups is 2. The Kier molecular flexibility index (Phi) is 4.90. The predicted octanol–water partition coefficient (Wildman–Crippen LogP) is 1.24. The summed E-state index contributed by atoms with van der Waals surface area (Å²) >= 11 is 0. The number of pyridine rings is 1. The van der Waals surface area contributed by atoms with Crippen molar-refractivity contribution in [1.82, 2.24) is 14.9 Å². The molecule has 0 aliphatic rings. The van der Waals surface area contributed by atoms with Crippen LogP contribution in [0.3, 0.4) is 0 Å². The van der Waals surface area contributed by atoms with Crippen LogP contribution in [0, 0.1) is 0 Å². The van der Waals surface area contributed by atoms with Crippen molar-refractivity contribution in [2.75, 3.05) is 13.7 Å². The fourth-order valence-corrected chi connectivity index (χ4v) is 2.14. The Balaban J connectivity index is 2.20. The van der Waals surface area contributed by atoms with Gasteiger partial charge in [-0.1, -0.05) is 6.07 Å². The summed E-state index contributed by atoms with van der Waals surface area (Å²) in [4.78, 5) is 27.6. The number of nitrogens with one attached hydrogen (secondary N) is 1. The first-order valence-electron chi connectivity index (χ1n) is 6.64. The number of ether oxygens (including phenoxy) is 1. The van der Waals surface area contributed by atoms with Crippen LogP contribution in [0.15, 0.2) is 36.5 Å². The SMILES string of the molecule is COCC(NC(=O)c1ccc(C(=O)O)n1C)c1ccccn1. The molecule has 0 radical (unpaired) electrons. The maximum absolute atomic E-state index is 12.4. The third-order valence-electron chi connectivity index (χ3n) is 3.26. The number of rotatable bonds is 6. The van der Waals surface area contributed by atoms with Gasteiger partial charge in [0.1, 0.15) is 11.4 Å². The number of amides is 1. The van der Waals surface area contributed by atoms with Crippen LogP contribution in [0.2, 0.25) is 0 Å². The van der Waals surface area contributed by atoms with Crippen molar-refractivity contribution in [3.8, 4) is 0 Å². The average molecular weight is 303 g/mol. The Morgan fingerprint density at radius 3 is 2.59 bits per heavy atom. The number of methoxy groups -OCH3 is 1. The highest BCUT2D eigenvalue weighted by atomic mass is 16.5. The molecule has 0 aliphatic heterocycles. The molecular formula is C15H17N3O4. The van der Waals surface area contributed by atoms with Gasteiger partial charge in [-0.25, -0.2) is 4.79 Å². The maximum atomic E-state index is 12.4.